The highest BCUT2D eigenvalue weighted by atomic mass is 16.4. The lowest BCUT2D eigenvalue weighted by Crippen LogP contribution is -1.93. The minimum Gasteiger partial charge on any atom is -0.481 e. The molecule has 0 amide bonds. The van der Waals surface area contributed by atoms with Gasteiger partial charge < -0.3 is 5.11 Å². The second-order valence-corrected chi connectivity index (χ2v) is 6.34. The van der Waals surface area contributed by atoms with Crippen LogP contribution in [0.15, 0.2) is 12.2 Å². The second kappa shape index (κ2) is 18.7. The fraction of sp³-hybridized carbons (Fsp3) is 0.800. The number of carboxylic acids is 1. The quantitative estimate of drug-likeness (QED) is 0.249. The highest BCUT2D eigenvalue weighted by Crippen LogP contribution is 2.11. The molecule has 0 aromatic heterocycles. The van der Waals surface area contributed by atoms with Gasteiger partial charge in [0, 0.05) is 12.8 Å². The number of unbranched alkanes of at least 4 members (excludes halogenated alkanes) is 13. The highest BCUT2D eigenvalue weighted by molar-refractivity contribution is 5.66. The van der Waals surface area contributed by atoms with E-state index in [9.17, 15) is 4.79 Å². The van der Waals surface area contributed by atoms with Crippen LogP contribution in [-0.4, -0.2) is 11.1 Å². The Morgan fingerprint density at radius 1 is 0.739 bits per heavy atom. The summed E-state index contributed by atoms with van der Waals surface area (Å²) in [6.45, 7) is 0. The van der Waals surface area contributed by atoms with Crippen LogP contribution in [0.4, 0.5) is 0 Å². The molecule has 0 aliphatic rings. The topological polar surface area (TPSA) is 61.1 Å². The zero-order valence-corrected chi connectivity index (χ0v) is 14.8. The molecule has 0 bridgehead atoms. The first kappa shape index (κ1) is 21.7. The molecule has 0 unspecified atom stereocenters. The molecular weight excluding hydrogens is 286 g/mol. The van der Waals surface area contributed by atoms with Crippen molar-refractivity contribution in [3.63, 3.8) is 0 Å². The van der Waals surface area contributed by atoms with E-state index >= 15 is 0 Å². The van der Waals surface area contributed by atoms with Crippen molar-refractivity contribution in [2.75, 3.05) is 0 Å². The lowest BCUT2D eigenvalue weighted by Gasteiger charge is -2.00. The van der Waals surface area contributed by atoms with E-state index in [1.54, 1.807) is 0 Å². The average Bonchev–Trinajstić information content (AvgIpc) is 2.53. The summed E-state index contributed by atoms with van der Waals surface area (Å²) in [5, 5.41) is 17.0. The molecule has 3 heteroatoms. The molecule has 23 heavy (non-hydrogen) atoms. The van der Waals surface area contributed by atoms with E-state index in [4.69, 9.17) is 10.4 Å². The number of hydrogen-bond acceptors (Lipinski definition) is 2. The van der Waals surface area contributed by atoms with Crippen LogP contribution in [0.1, 0.15) is 103 Å². The second-order valence-electron chi connectivity index (χ2n) is 6.34. The molecular formula is C20H35NO2. The molecule has 0 fully saturated rings. The molecule has 0 atom stereocenters. The Bertz CT molecular complexity index is 331. The van der Waals surface area contributed by atoms with Crippen molar-refractivity contribution >= 4 is 5.97 Å². The summed E-state index contributed by atoms with van der Waals surface area (Å²) in [7, 11) is 0. The van der Waals surface area contributed by atoms with Crippen LogP contribution >= 0.6 is 0 Å². The van der Waals surface area contributed by atoms with Gasteiger partial charge in [-0.3, -0.25) is 4.79 Å². The Morgan fingerprint density at radius 2 is 1.17 bits per heavy atom. The minimum absolute atomic E-state index is 0.324. The maximum atomic E-state index is 10.4. The van der Waals surface area contributed by atoms with E-state index in [0.717, 1.165) is 19.3 Å². The van der Waals surface area contributed by atoms with Gasteiger partial charge in [0.25, 0.3) is 0 Å². The zero-order valence-electron chi connectivity index (χ0n) is 14.8. The largest absolute Gasteiger partial charge is 0.481 e. The van der Waals surface area contributed by atoms with Crippen molar-refractivity contribution in [1.29, 1.82) is 5.26 Å². The summed E-state index contributed by atoms with van der Waals surface area (Å²) < 4.78 is 0. The third kappa shape index (κ3) is 20.7. The Hall–Kier alpha value is -1.30. The smallest absolute Gasteiger partial charge is 0.303 e. The summed E-state index contributed by atoms with van der Waals surface area (Å²) in [4.78, 5) is 10.4. The van der Waals surface area contributed by atoms with E-state index in [1.165, 1.54) is 70.6 Å². The molecule has 0 saturated carbocycles. The summed E-state index contributed by atoms with van der Waals surface area (Å²) in [6, 6.07) is 2.19. The van der Waals surface area contributed by atoms with Crippen LogP contribution in [0.3, 0.4) is 0 Å². The molecule has 1 N–H and O–H groups in total. The summed E-state index contributed by atoms with van der Waals surface area (Å²) in [6.07, 6.45) is 22.3. The molecule has 0 spiro atoms. The standard InChI is InChI=1S/C20H35NO2/c21-19-17-15-13-11-9-7-5-3-1-2-4-6-8-10-12-14-16-18-20(22)23/h1,3H,2,4-18H2,(H,22,23). The average molecular weight is 322 g/mol. The van der Waals surface area contributed by atoms with Crippen LogP contribution in [-0.2, 0) is 4.79 Å². The van der Waals surface area contributed by atoms with Gasteiger partial charge in [0.05, 0.1) is 6.07 Å². The lowest BCUT2D eigenvalue weighted by molar-refractivity contribution is -0.137. The number of rotatable bonds is 17. The van der Waals surface area contributed by atoms with Crippen LogP contribution in [0.25, 0.3) is 0 Å². The molecule has 3 nitrogen and oxygen atoms in total. The van der Waals surface area contributed by atoms with Gasteiger partial charge >= 0.3 is 5.97 Å². The maximum Gasteiger partial charge on any atom is 0.303 e. The molecule has 0 heterocycles. The summed E-state index contributed by atoms with van der Waals surface area (Å²) >= 11 is 0. The molecule has 0 radical (unpaired) electrons. The van der Waals surface area contributed by atoms with E-state index in [0.29, 0.717) is 12.8 Å². The van der Waals surface area contributed by atoms with Crippen LogP contribution in [0.2, 0.25) is 0 Å². The van der Waals surface area contributed by atoms with Gasteiger partial charge in [-0.25, -0.2) is 0 Å². The first-order valence-corrected chi connectivity index (χ1v) is 9.51. The third-order valence-corrected chi connectivity index (χ3v) is 4.09. The Morgan fingerprint density at radius 3 is 1.65 bits per heavy atom. The van der Waals surface area contributed by atoms with Gasteiger partial charge in [-0.2, -0.15) is 5.26 Å². The van der Waals surface area contributed by atoms with Crippen LogP contribution in [0, 0.1) is 11.3 Å². The van der Waals surface area contributed by atoms with Crippen LogP contribution in [0.5, 0.6) is 0 Å². The molecule has 0 rings (SSSR count). The number of hydrogen-bond donors (Lipinski definition) is 1. The molecule has 0 saturated heterocycles. The molecule has 0 aliphatic heterocycles. The van der Waals surface area contributed by atoms with E-state index in [-0.39, 0.29) is 0 Å². The van der Waals surface area contributed by atoms with E-state index in [1.807, 2.05) is 0 Å². The minimum atomic E-state index is -0.671. The Kier molecular flexibility index (Phi) is 17.7. The Labute approximate surface area is 142 Å². The number of carboxylic acid groups (broad SMARTS) is 1. The van der Waals surface area contributed by atoms with Crippen molar-refractivity contribution in [3.8, 4) is 6.07 Å². The van der Waals surface area contributed by atoms with Crippen molar-refractivity contribution in [2.45, 2.75) is 103 Å². The predicted octanol–water partition coefficient (Wildman–Crippen LogP) is 6.39. The molecule has 0 aromatic carbocycles. The number of nitrogens with zero attached hydrogens (tertiary/aromatic N) is 1. The predicted molar refractivity (Wildman–Crippen MR) is 96.3 cm³/mol. The van der Waals surface area contributed by atoms with Crippen molar-refractivity contribution in [1.82, 2.24) is 0 Å². The zero-order chi connectivity index (χ0) is 17.0. The fourth-order valence-electron chi connectivity index (χ4n) is 2.65. The van der Waals surface area contributed by atoms with Gasteiger partial charge in [-0.05, 0) is 38.5 Å². The highest BCUT2D eigenvalue weighted by Gasteiger charge is 1.96. The SMILES string of the molecule is N#CCCCCCCCC=CCCCCCCCCCC(=O)O. The van der Waals surface area contributed by atoms with Gasteiger partial charge in [0.1, 0.15) is 0 Å². The van der Waals surface area contributed by atoms with Gasteiger partial charge in [0.2, 0.25) is 0 Å². The lowest BCUT2D eigenvalue weighted by atomic mass is 10.1. The Balaban J connectivity index is 3.08. The number of carbonyl (C=O) groups is 1. The van der Waals surface area contributed by atoms with Crippen molar-refractivity contribution in [2.24, 2.45) is 0 Å². The summed E-state index contributed by atoms with van der Waals surface area (Å²) in [5.74, 6) is -0.671. The van der Waals surface area contributed by atoms with Gasteiger partial charge in [-0.15, -0.1) is 0 Å². The molecule has 0 aromatic rings. The monoisotopic (exact) mass is 321 g/mol. The van der Waals surface area contributed by atoms with Gasteiger partial charge in [-0.1, -0.05) is 63.5 Å². The number of aliphatic carboxylic acids is 1. The van der Waals surface area contributed by atoms with E-state index < -0.39 is 5.97 Å². The molecule has 0 aliphatic carbocycles. The maximum absolute atomic E-state index is 10.4. The van der Waals surface area contributed by atoms with Crippen LogP contribution < -0.4 is 0 Å². The normalized spacial score (nSPS) is 10.9. The van der Waals surface area contributed by atoms with Crippen molar-refractivity contribution in [3.05, 3.63) is 12.2 Å². The number of allylic oxidation sites excluding steroid dienone is 2. The van der Waals surface area contributed by atoms with Gasteiger partial charge in [0.15, 0.2) is 0 Å². The fourth-order valence-corrected chi connectivity index (χ4v) is 2.65. The van der Waals surface area contributed by atoms with E-state index in [2.05, 4.69) is 18.2 Å². The van der Waals surface area contributed by atoms with Crippen molar-refractivity contribution < 1.29 is 9.90 Å². The summed E-state index contributed by atoms with van der Waals surface area (Å²) in [5.41, 5.74) is 0. The molecule has 132 valence electrons. The first-order chi connectivity index (χ1) is 11.3. The first-order valence-electron chi connectivity index (χ1n) is 9.51. The third-order valence-electron chi connectivity index (χ3n) is 4.09. The number of nitriles is 1.